The summed E-state index contributed by atoms with van der Waals surface area (Å²) in [6.45, 7) is 4.08. The molecule has 1 aromatic carbocycles. The van der Waals surface area contributed by atoms with Crippen LogP contribution in [0.5, 0.6) is 0 Å². The third-order valence-corrected chi connectivity index (χ3v) is 6.48. The van der Waals surface area contributed by atoms with Crippen LogP contribution in [0.15, 0.2) is 18.2 Å². The van der Waals surface area contributed by atoms with E-state index in [2.05, 4.69) is 23.6 Å². The molecule has 28 heavy (non-hydrogen) atoms. The molecule has 6 nitrogen and oxygen atoms in total. The lowest BCUT2D eigenvalue weighted by Crippen LogP contribution is -2.42. The standard InChI is InChI=1S/C21H26N4O2S/c1-13-8-9-18(14(2)10-13)25-19(16-11-28-12-17(16)24-25)23-21(27)20(26)22-15-6-4-3-5-7-15/h8-10,15H,3-7,11-12H2,1-2H3,(H,22,26)(H,23,27). The Labute approximate surface area is 169 Å². The highest BCUT2D eigenvalue weighted by atomic mass is 32.2. The molecule has 1 aliphatic carbocycles. The summed E-state index contributed by atoms with van der Waals surface area (Å²) < 4.78 is 1.78. The second kappa shape index (κ2) is 7.99. The van der Waals surface area contributed by atoms with E-state index in [-0.39, 0.29) is 6.04 Å². The van der Waals surface area contributed by atoms with Crippen LogP contribution < -0.4 is 10.6 Å². The molecule has 2 amide bonds. The van der Waals surface area contributed by atoms with E-state index in [9.17, 15) is 9.59 Å². The Morgan fingerprint density at radius 3 is 2.64 bits per heavy atom. The first-order chi connectivity index (χ1) is 13.5. The summed E-state index contributed by atoms with van der Waals surface area (Å²) in [6, 6.07) is 6.25. The maximum atomic E-state index is 12.6. The third kappa shape index (κ3) is 3.81. The van der Waals surface area contributed by atoms with E-state index in [1.807, 2.05) is 19.1 Å². The minimum atomic E-state index is -0.615. The molecular formula is C21H26N4O2S. The van der Waals surface area contributed by atoms with Crippen molar-refractivity contribution >= 4 is 29.4 Å². The van der Waals surface area contributed by atoms with Crippen LogP contribution >= 0.6 is 11.8 Å². The number of rotatable bonds is 3. The summed E-state index contributed by atoms with van der Waals surface area (Å²) >= 11 is 1.77. The lowest BCUT2D eigenvalue weighted by Gasteiger charge is -2.22. The molecule has 0 radical (unpaired) electrons. The van der Waals surface area contributed by atoms with Crippen molar-refractivity contribution in [3.63, 3.8) is 0 Å². The molecule has 148 valence electrons. The van der Waals surface area contributed by atoms with Gasteiger partial charge in [0.25, 0.3) is 0 Å². The molecule has 4 rings (SSSR count). The van der Waals surface area contributed by atoms with Gasteiger partial charge in [0.1, 0.15) is 5.82 Å². The first kappa shape index (κ1) is 19.1. The predicted molar refractivity (Wildman–Crippen MR) is 112 cm³/mol. The number of aryl methyl sites for hydroxylation is 2. The van der Waals surface area contributed by atoms with Crippen molar-refractivity contribution in [2.45, 2.75) is 63.5 Å². The Kier molecular flexibility index (Phi) is 5.44. The van der Waals surface area contributed by atoms with Crippen LogP contribution in [0.3, 0.4) is 0 Å². The average molecular weight is 399 g/mol. The number of anilines is 1. The van der Waals surface area contributed by atoms with Crippen molar-refractivity contribution in [3.8, 4) is 5.69 Å². The second-order valence-electron chi connectivity index (χ2n) is 7.73. The smallest absolute Gasteiger partial charge is 0.314 e. The fraction of sp³-hybridized carbons (Fsp3) is 0.476. The molecule has 0 unspecified atom stereocenters. The molecule has 1 aromatic heterocycles. The number of hydrogen-bond donors (Lipinski definition) is 2. The largest absolute Gasteiger partial charge is 0.345 e. The van der Waals surface area contributed by atoms with Crippen LogP contribution in [0.1, 0.15) is 54.5 Å². The number of nitrogens with one attached hydrogen (secondary N) is 2. The Balaban J connectivity index is 1.58. The van der Waals surface area contributed by atoms with Gasteiger partial charge in [0.2, 0.25) is 0 Å². The highest BCUT2D eigenvalue weighted by Crippen LogP contribution is 2.36. The molecule has 1 saturated carbocycles. The van der Waals surface area contributed by atoms with E-state index in [1.54, 1.807) is 16.4 Å². The van der Waals surface area contributed by atoms with Crippen molar-refractivity contribution in [1.82, 2.24) is 15.1 Å². The van der Waals surface area contributed by atoms with Crippen molar-refractivity contribution < 1.29 is 9.59 Å². The molecule has 0 spiro atoms. The van der Waals surface area contributed by atoms with Gasteiger partial charge in [-0.25, -0.2) is 4.68 Å². The molecule has 2 aliphatic rings. The van der Waals surface area contributed by atoms with E-state index < -0.39 is 11.8 Å². The molecule has 1 aliphatic heterocycles. The van der Waals surface area contributed by atoms with Gasteiger partial charge in [0.05, 0.1) is 11.4 Å². The maximum absolute atomic E-state index is 12.6. The number of nitrogens with zero attached hydrogens (tertiary/aromatic N) is 2. The van der Waals surface area contributed by atoms with Crippen molar-refractivity contribution in [2.75, 3.05) is 5.32 Å². The number of hydrogen-bond acceptors (Lipinski definition) is 4. The minimum Gasteiger partial charge on any atom is -0.345 e. The topological polar surface area (TPSA) is 76.0 Å². The fourth-order valence-corrected chi connectivity index (χ4v) is 5.06. The van der Waals surface area contributed by atoms with Crippen molar-refractivity contribution in [2.24, 2.45) is 0 Å². The van der Waals surface area contributed by atoms with E-state index in [1.165, 1.54) is 12.0 Å². The van der Waals surface area contributed by atoms with E-state index in [0.717, 1.165) is 59.7 Å². The number of carbonyl (C=O) groups is 2. The summed E-state index contributed by atoms with van der Waals surface area (Å²) in [5, 5.41) is 10.5. The lowest BCUT2D eigenvalue weighted by molar-refractivity contribution is -0.136. The van der Waals surface area contributed by atoms with Gasteiger partial charge < -0.3 is 10.6 Å². The number of carbonyl (C=O) groups excluding carboxylic acids is 2. The van der Waals surface area contributed by atoms with Gasteiger partial charge in [-0.15, -0.1) is 0 Å². The van der Waals surface area contributed by atoms with Crippen LogP contribution in [0.4, 0.5) is 5.82 Å². The van der Waals surface area contributed by atoms with E-state index in [0.29, 0.717) is 5.82 Å². The summed E-state index contributed by atoms with van der Waals surface area (Å²) in [7, 11) is 0. The zero-order valence-corrected chi connectivity index (χ0v) is 17.2. The highest BCUT2D eigenvalue weighted by Gasteiger charge is 2.28. The van der Waals surface area contributed by atoms with E-state index >= 15 is 0 Å². The first-order valence-electron chi connectivity index (χ1n) is 9.91. The Bertz CT molecular complexity index is 915. The number of benzene rings is 1. The average Bonchev–Trinajstić information content (AvgIpc) is 3.25. The van der Waals surface area contributed by atoms with Gasteiger partial charge in [0, 0.05) is 23.1 Å². The molecule has 0 bridgehead atoms. The van der Waals surface area contributed by atoms with Crippen molar-refractivity contribution in [3.05, 3.63) is 40.6 Å². The predicted octanol–water partition coefficient (Wildman–Crippen LogP) is 3.62. The molecule has 0 saturated heterocycles. The number of thioether (sulfide) groups is 1. The maximum Gasteiger partial charge on any atom is 0.314 e. The molecule has 2 aromatic rings. The van der Waals surface area contributed by atoms with Gasteiger partial charge in [-0.1, -0.05) is 37.0 Å². The van der Waals surface area contributed by atoms with Crippen LogP contribution in [0, 0.1) is 13.8 Å². The minimum absolute atomic E-state index is 0.109. The molecular weight excluding hydrogens is 372 g/mol. The monoisotopic (exact) mass is 398 g/mol. The zero-order chi connectivity index (χ0) is 19.7. The van der Waals surface area contributed by atoms with Crippen molar-refractivity contribution in [1.29, 1.82) is 0 Å². The van der Waals surface area contributed by atoms with Crippen LogP contribution in [-0.4, -0.2) is 27.6 Å². The first-order valence-corrected chi connectivity index (χ1v) is 11.1. The summed E-state index contributed by atoms with van der Waals surface area (Å²) in [4.78, 5) is 25.1. The van der Waals surface area contributed by atoms with Gasteiger partial charge >= 0.3 is 11.8 Å². The van der Waals surface area contributed by atoms with Crippen LogP contribution in [0.2, 0.25) is 0 Å². The van der Waals surface area contributed by atoms with Gasteiger partial charge in [-0.3, -0.25) is 9.59 Å². The second-order valence-corrected chi connectivity index (χ2v) is 8.72. The molecule has 2 N–H and O–H groups in total. The Hall–Kier alpha value is -2.28. The SMILES string of the molecule is Cc1ccc(-n2nc3c(c2NC(=O)C(=O)NC2CCCCC2)CSC3)c(C)c1. The number of amides is 2. The highest BCUT2D eigenvalue weighted by molar-refractivity contribution is 7.98. The van der Waals surface area contributed by atoms with Crippen LogP contribution in [-0.2, 0) is 21.1 Å². The molecule has 0 atom stereocenters. The fourth-order valence-electron chi connectivity index (χ4n) is 4.02. The third-order valence-electron chi connectivity index (χ3n) is 5.51. The molecule has 7 heteroatoms. The summed E-state index contributed by atoms with van der Waals surface area (Å²) in [6.07, 6.45) is 5.32. The summed E-state index contributed by atoms with van der Waals surface area (Å²) in [5.41, 5.74) is 5.18. The lowest BCUT2D eigenvalue weighted by atomic mass is 9.95. The normalized spacial score (nSPS) is 16.6. The molecule has 1 fully saturated rings. The van der Waals surface area contributed by atoms with Gasteiger partial charge in [-0.2, -0.15) is 16.9 Å². The Morgan fingerprint density at radius 1 is 1.11 bits per heavy atom. The zero-order valence-electron chi connectivity index (χ0n) is 16.4. The van der Waals surface area contributed by atoms with E-state index in [4.69, 9.17) is 5.10 Å². The Morgan fingerprint density at radius 2 is 1.89 bits per heavy atom. The van der Waals surface area contributed by atoms with Gasteiger partial charge in [0.15, 0.2) is 0 Å². The van der Waals surface area contributed by atoms with Crippen LogP contribution in [0.25, 0.3) is 5.69 Å². The number of fused-ring (bicyclic) bond motifs is 1. The quantitative estimate of drug-likeness (QED) is 0.774. The molecule has 2 heterocycles. The summed E-state index contributed by atoms with van der Waals surface area (Å²) in [5.74, 6) is 1.07. The number of aromatic nitrogens is 2. The van der Waals surface area contributed by atoms with Gasteiger partial charge in [-0.05, 0) is 38.3 Å².